The molecular weight excluding hydrogens is 278 g/mol. The Morgan fingerprint density at radius 2 is 2.25 bits per heavy atom. The number of likely N-dealkylation sites (tertiary alicyclic amines) is 1. The van der Waals surface area contributed by atoms with Gasteiger partial charge >= 0.3 is 5.97 Å². The lowest BCUT2D eigenvalue weighted by Crippen LogP contribution is -2.48. The molecule has 0 saturated carbocycles. The minimum Gasteiger partial charge on any atom is -0.480 e. The SMILES string of the molecule is CCc1nn(C)c(CN2CCCC(C)C2C(=O)O)c1Cl. The molecule has 0 aromatic carbocycles. The number of aryl methyl sites for hydroxylation is 2. The van der Waals surface area contributed by atoms with Gasteiger partial charge in [0.15, 0.2) is 0 Å². The summed E-state index contributed by atoms with van der Waals surface area (Å²) in [5, 5.41) is 14.5. The Morgan fingerprint density at radius 1 is 1.55 bits per heavy atom. The van der Waals surface area contributed by atoms with Gasteiger partial charge in [-0.05, 0) is 31.7 Å². The second-order valence-electron chi connectivity index (χ2n) is 5.56. The van der Waals surface area contributed by atoms with Crippen molar-refractivity contribution in [3.8, 4) is 0 Å². The normalized spacial score (nSPS) is 24.0. The zero-order valence-corrected chi connectivity index (χ0v) is 13.0. The van der Waals surface area contributed by atoms with Gasteiger partial charge < -0.3 is 5.11 Å². The van der Waals surface area contributed by atoms with Crippen LogP contribution in [0.25, 0.3) is 0 Å². The predicted octanol–water partition coefficient (Wildman–Crippen LogP) is 2.32. The van der Waals surface area contributed by atoms with Gasteiger partial charge in [-0.3, -0.25) is 14.4 Å². The molecule has 2 heterocycles. The predicted molar refractivity (Wildman–Crippen MR) is 77.8 cm³/mol. The number of carboxylic acids is 1. The lowest BCUT2D eigenvalue weighted by molar-refractivity contribution is -0.147. The largest absolute Gasteiger partial charge is 0.480 e. The van der Waals surface area contributed by atoms with Crippen LogP contribution in [0.2, 0.25) is 5.02 Å². The second-order valence-corrected chi connectivity index (χ2v) is 5.94. The number of piperidine rings is 1. The van der Waals surface area contributed by atoms with E-state index in [-0.39, 0.29) is 5.92 Å². The Kier molecular flexibility index (Phi) is 4.70. The molecule has 0 amide bonds. The standard InChI is InChI=1S/C14H22ClN3O2/c1-4-10-12(15)11(17(3)16-10)8-18-7-5-6-9(2)13(18)14(19)20/h9,13H,4-8H2,1-3H3,(H,19,20). The Hall–Kier alpha value is -1.07. The molecule has 2 atom stereocenters. The summed E-state index contributed by atoms with van der Waals surface area (Å²) < 4.78 is 1.78. The van der Waals surface area contributed by atoms with Gasteiger partial charge in [0, 0.05) is 13.6 Å². The van der Waals surface area contributed by atoms with Crippen molar-refractivity contribution < 1.29 is 9.90 Å². The molecule has 1 aliphatic heterocycles. The molecule has 1 N–H and O–H groups in total. The average Bonchev–Trinajstić information content (AvgIpc) is 2.65. The van der Waals surface area contributed by atoms with Crippen LogP contribution in [0, 0.1) is 5.92 Å². The smallest absolute Gasteiger partial charge is 0.321 e. The van der Waals surface area contributed by atoms with Crippen molar-refractivity contribution in [2.75, 3.05) is 6.54 Å². The molecular formula is C14H22ClN3O2. The third kappa shape index (κ3) is 2.83. The van der Waals surface area contributed by atoms with Crippen LogP contribution in [0.1, 0.15) is 38.1 Å². The number of carboxylic acid groups (broad SMARTS) is 1. The fraction of sp³-hybridized carbons (Fsp3) is 0.714. The van der Waals surface area contributed by atoms with E-state index in [2.05, 4.69) is 5.10 Å². The van der Waals surface area contributed by atoms with Crippen molar-refractivity contribution in [2.24, 2.45) is 13.0 Å². The summed E-state index contributed by atoms with van der Waals surface area (Å²) in [4.78, 5) is 13.5. The molecule has 1 fully saturated rings. The van der Waals surface area contributed by atoms with Crippen molar-refractivity contribution in [3.63, 3.8) is 0 Å². The first-order valence-electron chi connectivity index (χ1n) is 7.12. The van der Waals surface area contributed by atoms with E-state index in [1.807, 2.05) is 25.8 Å². The fourth-order valence-corrected chi connectivity index (χ4v) is 3.39. The summed E-state index contributed by atoms with van der Waals surface area (Å²) in [6, 6.07) is -0.431. The number of hydrogen-bond acceptors (Lipinski definition) is 3. The molecule has 2 rings (SSSR count). The molecule has 2 unspecified atom stereocenters. The third-order valence-corrected chi connectivity index (χ3v) is 4.58. The molecule has 1 aromatic rings. The number of nitrogens with zero attached hydrogens (tertiary/aromatic N) is 3. The maximum atomic E-state index is 11.5. The van der Waals surface area contributed by atoms with Crippen LogP contribution in [0.15, 0.2) is 0 Å². The van der Waals surface area contributed by atoms with Gasteiger partial charge in [0.2, 0.25) is 0 Å². The molecule has 0 aliphatic carbocycles. The van der Waals surface area contributed by atoms with Gasteiger partial charge in [0.25, 0.3) is 0 Å². The van der Waals surface area contributed by atoms with Crippen LogP contribution >= 0.6 is 11.6 Å². The first-order chi connectivity index (χ1) is 9.45. The molecule has 1 aromatic heterocycles. The summed E-state index contributed by atoms with van der Waals surface area (Å²) in [6.07, 6.45) is 2.78. The van der Waals surface area contributed by atoms with Gasteiger partial charge in [-0.2, -0.15) is 5.10 Å². The van der Waals surface area contributed by atoms with Crippen molar-refractivity contribution in [1.82, 2.24) is 14.7 Å². The van der Waals surface area contributed by atoms with Crippen molar-refractivity contribution in [2.45, 2.75) is 45.7 Å². The molecule has 1 saturated heterocycles. The molecule has 20 heavy (non-hydrogen) atoms. The number of aliphatic carboxylic acids is 1. The first kappa shape index (κ1) is 15.3. The Bertz CT molecular complexity index is 501. The fourth-order valence-electron chi connectivity index (χ4n) is 3.03. The summed E-state index contributed by atoms with van der Waals surface area (Å²) in [6.45, 7) is 5.36. The van der Waals surface area contributed by atoms with Crippen LogP contribution < -0.4 is 0 Å². The van der Waals surface area contributed by atoms with E-state index in [4.69, 9.17) is 11.6 Å². The number of aromatic nitrogens is 2. The van der Waals surface area contributed by atoms with E-state index in [9.17, 15) is 9.90 Å². The molecule has 1 aliphatic rings. The summed E-state index contributed by atoms with van der Waals surface area (Å²) >= 11 is 6.36. The maximum Gasteiger partial charge on any atom is 0.321 e. The summed E-state index contributed by atoms with van der Waals surface area (Å²) in [7, 11) is 1.86. The number of halogens is 1. The highest BCUT2D eigenvalue weighted by Gasteiger charge is 2.35. The van der Waals surface area contributed by atoms with Gasteiger partial charge in [0.05, 0.1) is 16.4 Å². The first-order valence-corrected chi connectivity index (χ1v) is 7.50. The molecule has 112 valence electrons. The zero-order chi connectivity index (χ0) is 14.9. The van der Waals surface area contributed by atoms with Crippen molar-refractivity contribution in [3.05, 3.63) is 16.4 Å². The molecule has 5 nitrogen and oxygen atoms in total. The average molecular weight is 300 g/mol. The van der Waals surface area contributed by atoms with Crippen LogP contribution in [0.3, 0.4) is 0 Å². The van der Waals surface area contributed by atoms with Gasteiger partial charge in [0.1, 0.15) is 6.04 Å². The highest BCUT2D eigenvalue weighted by Crippen LogP contribution is 2.28. The number of carbonyl (C=O) groups is 1. The Balaban J connectivity index is 2.23. The number of rotatable bonds is 4. The lowest BCUT2D eigenvalue weighted by Gasteiger charge is -2.37. The van der Waals surface area contributed by atoms with Crippen molar-refractivity contribution >= 4 is 17.6 Å². The molecule has 0 bridgehead atoms. The minimum atomic E-state index is -0.744. The maximum absolute atomic E-state index is 11.5. The topological polar surface area (TPSA) is 58.4 Å². The van der Waals surface area contributed by atoms with Crippen molar-refractivity contribution in [1.29, 1.82) is 0 Å². The van der Waals surface area contributed by atoms with E-state index >= 15 is 0 Å². The summed E-state index contributed by atoms with van der Waals surface area (Å²) in [5.41, 5.74) is 1.78. The molecule has 6 heteroatoms. The molecule has 0 spiro atoms. The third-order valence-electron chi connectivity index (χ3n) is 4.15. The highest BCUT2D eigenvalue weighted by molar-refractivity contribution is 6.31. The summed E-state index contributed by atoms with van der Waals surface area (Å²) in [5.74, 6) is -0.579. The highest BCUT2D eigenvalue weighted by atomic mass is 35.5. The number of hydrogen-bond donors (Lipinski definition) is 1. The van der Waals surface area contributed by atoms with Crippen LogP contribution in [0.4, 0.5) is 0 Å². The van der Waals surface area contributed by atoms with E-state index < -0.39 is 12.0 Å². The van der Waals surface area contributed by atoms with Gasteiger partial charge in [-0.1, -0.05) is 25.4 Å². The van der Waals surface area contributed by atoms with Gasteiger partial charge in [-0.25, -0.2) is 0 Å². The van der Waals surface area contributed by atoms with Crippen LogP contribution in [-0.4, -0.2) is 38.3 Å². The van der Waals surface area contributed by atoms with E-state index in [1.54, 1.807) is 4.68 Å². The van der Waals surface area contributed by atoms with E-state index in [1.165, 1.54) is 0 Å². The minimum absolute atomic E-state index is 0.166. The van der Waals surface area contributed by atoms with Crippen LogP contribution in [-0.2, 0) is 24.8 Å². The quantitative estimate of drug-likeness (QED) is 0.927. The lowest BCUT2D eigenvalue weighted by atomic mass is 9.90. The Labute approximate surface area is 124 Å². The van der Waals surface area contributed by atoms with Crippen LogP contribution in [0.5, 0.6) is 0 Å². The van der Waals surface area contributed by atoms with E-state index in [0.29, 0.717) is 11.6 Å². The zero-order valence-electron chi connectivity index (χ0n) is 12.3. The molecule has 0 radical (unpaired) electrons. The Morgan fingerprint density at radius 3 is 2.80 bits per heavy atom. The van der Waals surface area contributed by atoms with Gasteiger partial charge in [-0.15, -0.1) is 0 Å². The van der Waals surface area contributed by atoms with E-state index in [0.717, 1.165) is 37.2 Å². The monoisotopic (exact) mass is 299 g/mol. The second kappa shape index (κ2) is 6.14.